The Labute approximate surface area is 226 Å². The third-order valence-corrected chi connectivity index (χ3v) is 7.71. The molecule has 2 aliphatic rings. The average Bonchev–Trinajstić information content (AvgIpc) is 3.37. The van der Waals surface area contributed by atoms with Crippen molar-refractivity contribution in [3.8, 4) is 5.75 Å². The molecule has 214 valence electrons. The van der Waals surface area contributed by atoms with Crippen LogP contribution < -0.4 is 10.1 Å². The number of rotatable bonds is 11. The minimum Gasteiger partial charge on any atom is -0.493 e. The zero-order valence-electron chi connectivity index (χ0n) is 22.4. The lowest BCUT2D eigenvalue weighted by Crippen LogP contribution is -2.38. The lowest BCUT2D eigenvalue weighted by Gasteiger charge is -2.29. The minimum atomic E-state index is -4.81. The highest BCUT2D eigenvalue weighted by Crippen LogP contribution is 2.39. The van der Waals surface area contributed by atoms with E-state index in [-0.39, 0.29) is 11.6 Å². The molecule has 1 unspecified atom stereocenters. The van der Waals surface area contributed by atoms with E-state index in [1.807, 2.05) is 7.05 Å². The molecule has 1 saturated heterocycles. The zero-order valence-corrected chi connectivity index (χ0v) is 22.4. The van der Waals surface area contributed by atoms with Crippen LogP contribution in [-0.4, -0.2) is 72.2 Å². The van der Waals surface area contributed by atoms with E-state index in [2.05, 4.69) is 22.3 Å². The number of nitrogens with one attached hydrogen (secondary N) is 1. The highest BCUT2D eigenvalue weighted by molar-refractivity contribution is 5.77. The fraction of sp³-hybridized carbons (Fsp3) is 0.571. The fourth-order valence-corrected chi connectivity index (χ4v) is 5.58. The summed E-state index contributed by atoms with van der Waals surface area (Å²) in [6, 6.07) is 3.88. The van der Waals surface area contributed by atoms with Crippen molar-refractivity contribution in [2.75, 3.05) is 45.7 Å². The second-order valence-corrected chi connectivity index (χ2v) is 10.4. The number of halogens is 4. The van der Waals surface area contributed by atoms with Crippen LogP contribution in [0.4, 0.5) is 23.4 Å². The van der Waals surface area contributed by atoms with E-state index in [1.54, 1.807) is 4.90 Å². The van der Waals surface area contributed by atoms with Gasteiger partial charge < -0.3 is 20.1 Å². The molecule has 2 aliphatic heterocycles. The van der Waals surface area contributed by atoms with Gasteiger partial charge in [-0.15, -0.1) is 0 Å². The Morgan fingerprint density at radius 1 is 1.28 bits per heavy atom. The molecular formula is C28H36F4N4O3. The molecule has 7 nitrogen and oxygen atoms in total. The van der Waals surface area contributed by atoms with Crippen molar-refractivity contribution in [3.05, 3.63) is 52.5 Å². The van der Waals surface area contributed by atoms with Gasteiger partial charge in [0.2, 0.25) is 0 Å². The summed E-state index contributed by atoms with van der Waals surface area (Å²) in [5.74, 6) is -2.05. The number of likely N-dealkylation sites (N-methyl/N-ethyl adjacent to an activating group) is 1. The SMILES string of the molecule is COc1c(F)cc(C(F)(F)F)cc1C(C(=O)O)N1CC[C@@H](N(C)CCCCCc2ccc3c(n2)NCCC3)C1. The van der Waals surface area contributed by atoms with E-state index < -0.39 is 35.3 Å². The highest BCUT2D eigenvalue weighted by atomic mass is 19.4. The van der Waals surface area contributed by atoms with Crippen LogP contribution in [0.15, 0.2) is 24.3 Å². The first-order valence-corrected chi connectivity index (χ1v) is 13.4. The van der Waals surface area contributed by atoms with Crippen molar-refractivity contribution in [2.24, 2.45) is 0 Å². The molecule has 2 N–H and O–H groups in total. The number of ether oxygens (including phenoxy) is 1. The first-order valence-electron chi connectivity index (χ1n) is 13.4. The van der Waals surface area contributed by atoms with Crippen molar-refractivity contribution >= 4 is 11.8 Å². The molecule has 0 aliphatic carbocycles. The molecule has 39 heavy (non-hydrogen) atoms. The first-order chi connectivity index (χ1) is 18.6. The van der Waals surface area contributed by atoms with E-state index in [4.69, 9.17) is 9.72 Å². The Morgan fingerprint density at radius 3 is 2.79 bits per heavy atom. The van der Waals surface area contributed by atoms with Crippen molar-refractivity contribution in [2.45, 2.75) is 63.2 Å². The second kappa shape index (κ2) is 12.5. The Bertz CT molecular complexity index is 1160. The van der Waals surface area contributed by atoms with Gasteiger partial charge in [-0.05, 0) is 75.9 Å². The number of carboxylic acids is 1. The van der Waals surface area contributed by atoms with Gasteiger partial charge in [-0.1, -0.05) is 12.5 Å². The Hall–Kier alpha value is -2.92. The van der Waals surface area contributed by atoms with Crippen LogP contribution in [0.1, 0.15) is 60.5 Å². The third-order valence-electron chi connectivity index (χ3n) is 7.71. The Morgan fingerprint density at radius 2 is 2.08 bits per heavy atom. The van der Waals surface area contributed by atoms with E-state index in [1.165, 1.54) is 5.56 Å². The summed E-state index contributed by atoms with van der Waals surface area (Å²) in [5, 5.41) is 13.3. The molecule has 1 aromatic heterocycles. The van der Waals surface area contributed by atoms with Gasteiger partial charge >= 0.3 is 12.1 Å². The lowest BCUT2D eigenvalue weighted by atomic mass is 10.0. The number of aliphatic carboxylic acids is 1. The van der Waals surface area contributed by atoms with Crippen LogP contribution in [-0.2, 0) is 23.8 Å². The van der Waals surface area contributed by atoms with Gasteiger partial charge in [0.25, 0.3) is 0 Å². The molecule has 2 atom stereocenters. The van der Waals surface area contributed by atoms with E-state index in [0.717, 1.165) is 70.2 Å². The molecule has 3 heterocycles. The van der Waals surface area contributed by atoms with Gasteiger partial charge in [0.05, 0.1) is 12.7 Å². The summed E-state index contributed by atoms with van der Waals surface area (Å²) < 4.78 is 59.5. The molecular weight excluding hydrogens is 516 g/mol. The summed E-state index contributed by atoms with van der Waals surface area (Å²) in [6.45, 7) is 2.49. The number of benzene rings is 1. The van der Waals surface area contributed by atoms with E-state index in [9.17, 15) is 27.5 Å². The number of hydrogen-bond acceptors (Lipinski definition) is 6. The van der Waals surface area contributed by atoms with Gasteiger partial charge in [0.1, 0.15) is 11.9 Å². The molecule has 1 aromatic carbocycles. The van der Waals surface area contributed by atoms with Crippen molar-refractivity contribution in [1.29, 1.82) is 0 Å². The highest BCUT2D eigenvalue weighted by Gasteiger charge is 2.40. The number of anilines is 1. The number of fused-ring (bicyclic) bond motifs is 1. The molecule has 0 amide bonds. The van der Waals surface area contributed by atoms with Crippen LogP contribution in [0, 0.1) is 5.82 Å². The molecule has 0 spiro atoms. The van der Waals surface area contributed by atoms with Gasteiger partial charge in [-0.3, -0.25) is 9.69 Å². The Kier molecular flexibility index (Phi) is 9.32. The molecule has 11 heteroatoms. The maximum Gasteiger partial charge on any atom is 0.416 e. The molecule has 2 aromatic rings. The quantitative estimate of drug-likeness (QED) is 0.295. The maximum absolute atomic E-state index is 14.5. The molecule has 1 fully saturated rings. The smallest absolute Gasteiger partial charge is 0.416 e. The summed E-state index contributed by atoms with van der Waals surface area (Å²) in [7, 11) is 3.10. The number of hydrogen-bond donors (Lipinski definition) is 2. The predicted molar refractivity (Wildman–Crippen MR) is 140 cm³/mol. The number of likely N-dealkylation sites (tertiary alicyclic amines) is 1. The summed E-state index contributed by atoms with van der Waals surface area (Å²) in [6.07, 6.45) is 1.95. The number of aryl methyl sites for hydroxylation is 2. The van der Waals surface area contributed by atoms with Gasteiger partial charge in [0.15, 0.2) is 11.6 Å². The normalized spacial score (nSPS) is 18.6. The first kappa shape index (κ1) is 29.1. The van der Waals surface area contributed by atoms with Crippen LogP contribution in [0.25, 0.3) is 0 Å². The van der Waals surface area contributed by atoms with Crippen LogP contribution in [0.3, 0.4) is 0 Å². The summed E-state index contributed by atoms with van der Waals surface area (Å²) >= 11 is 0. The maximum atomic E-state index is 14.5. The average molecular weight is 553 g/mol. The number of unbranched alkanes of at least 4 members (excludes halogenated alkanes) is 2. The number of methoxy groups -OCH3 is 1. The number of aromatic nitrogens is 1. The van der Waals surface area contributed by atoms with E-state index >= 15 is 0 Å². The summed E-state index contributed by atoms with van der Waals surface area (Å²) in [4.78, 5) is 20.7. The van der Waals surface area contributed by atoms with Crippen molar-refractivity contribution in [3.63, 3.8) is 0 Å². The number of carboxylic acid groups (broad SMARTS) is 1. The Balaban J connectivity index is 1.31. The predicted octanol–water partition coefficient (Wildman–Crippen LogP) is 5.15. The van der Waals surface area contributed by atoms with Gasteiger partial charge in [0, 0.05) is 36.9 Å². The second-order valence-electron chi connectivity index (χ2n) is 10.4. The van der Waals surface area contributed by atoms with Crippen LogP contribution >= 0.6 is 0 Å². The standard InChI is InChI=1S/C28H36F4N4O3/c1-35(13-5-3-4-8-20-10-9-18-7-6-12-33-26(18)34-20)21-11-14-36(17-21)24(27(37)38)22-15-19(28(30,31)32)16-23(29)25(22)39-2/h9-10,15-16,21,24H,3-8,11-14,17H2,1-2H3,(H,33,34)(H,37,38)/t21-,24?/m1/s1. The van der Waals surface area contributed by atoms with Crippen molar-refractivity contribution in [1.82, 2.24) is 14.8 Å². The van der Waals surface area contributed by atoms with E-state index in [0.29, 0.717) is 31.6 Å². The molecule has 0 radical (unpaired) electrons. The third kappa shape index (κ3) is 7.00. The topological polar surface area (TPSA) is 77.9 Å². The summed E-state index contributed by atoms with van der Waals surface area (Å²) in [5.41, 5.74) is 0.798. The molecule has 0 saturated carbocycles. The van der Waals surface area contributed by atoms with Gasteiger partial charge in [-0.2, -0.15) is 13.2 Å². The molecule has 0 bridgehead atoms. The number of alkyl halides is 3. The van der Waals surface area contributed by atoms with Crippen LogP contribution in [0.2, 0.25) is 0 Å². The zero-order chi connectivity index (χ0) is 28.2. The fourth-order valence-electron chi connectivity index (χ4n) is 5.58. The number of pyridine rings is 1. The largest absolute Gasteiger partial charge is 0.493 e. The minimum absolute atomic E-state index is 0.0434. The number of nitrogens with zero attached hydrogens (tertiary/aromatic N) is 3. The lowest BCUT2D eigenvalue weighted by molar-refractivity contribution is -0.144. The monoisotopic (exact) mass is 552 g/mol. The van der Waals surface area contributed by atoms with Crippen LogP contribution in [0.5, 0.6) is 5.75 Å². The van der Waals surface area contributed by atoms with Gasteiger partial charge in [-0.25, -0.2) is 9.37 Å². The number of carbonyl (C=O) groups is 1. The van der Waals surface area contributed by atoms with Crippen molar-refractivity contribution < 1.29 is 32.2 Å². The molecule has 4 rings (SSSR count).